The summed E-state index contributed by atoms with van der Waals surface area (Å²) in [5.41, 5.74) is 0. The number of rotatable bonds is 56. The lowest BCUT2D eigenvalue weighted by Crippen LogP contribution is -2.30. The van der Waals surface area contributed by atoms with Crippen molar-refractivity contribution in [2.75, 3.05) is 13.2 Å². The zero-order valence-corrected chi connectivity index (χ0v) is 48.1. The predicted molar refractivity (Wildman–Crippen MR) is 316 cm³/mol. The fraction of sp³-hybridized carbons (Fsp3) is 0.746. The molecule has 0 amide bonds. The maximum atomic E-state index is 12.8. The van der Waals surface area contributed by atoms with E-state index < -0.39 is 12.1 Å². The van der Waals surface area contributed by atoms with Crippen molar-refractivity contribution in [2.45, 2.75) is 309 Å². The summed E-state index contributed by atoms with van der Waals surface area (Å²) in [6.07, 6.45) is 80.6. The number of carbonyl (C=O) groups excluding carboxylic acids is 3. The second-order valence-corrected chi connectivity index (χ2v) is 20.6. The molecule has 0 radical (unpaired) electrons. The Morgan fingerprint density at radius 1 is 0.301 bits per heavy atom. The van der Waals surface area contributed by atoms with Gasteiger partial charge in [0.2, 0.25) is 0 Å². The van der Waals surface area contributed by atoms with Gasteiger partial charge in [0.05, 0.1) is 6.42 Å². The van der Waals surface area contributed by atoms with Crippen LogP contribution in [0, 0.1) is 0 Å². The summed E-state index contributed by atoms with van der Waals surface area (Å²) in [4.78, 5) is 38.1. The molecule has 0 aliphatic heterocycles. The van der Waals surface area contributed by atoms with Crippen LogP contribution >= 0.6 is 0 Å². The highest BCUT2D eigenvalue weighted by Crippen LogP contribution is 2.17. The summed E-state index contributed by atoms with van der Waals surface area (Å²) < 4.78 is 16.8. The molecule has 0 aromatic heterocycles. The molecule has 0 aliphatic carbocycles. The first-order chi connectivity index (χ1) is 36.0. The lowest BCUT2D eigenvalue weighted by atomic mass is 10.0. The van der Waals surface area contributed by atoms with Crippen LogP contribution in [0.4, 0.5) is 0 Å². The van der Waals surface area contributed by atoms with E-state index in [1.807, 2.05) is 6.08 Å². The molecule has 0 aromatic rings. The normalized spacial score (nSPS) is 12.6. The van der Waals surface area contributed by atoms with Gasteiger partial charge in [-0.15, -0.1) is 0 Å². The standard InChI is InChI=1S/C67H116O6/c1-4-7-10-13-16-19-22-25-27-28-29-30-31-32-33-34-35-36-37-38-40-42-45-48-51-54-57-60-66(69)72-63-64(62-71-65(68)59-56-53-50-47-44-41-24-21-18-15-12-9-6-3)73-67(70)61-58-55-52-49-46-43-39-26-23-20-17-14-11-8-5-2/h8,11-12,15,17,20-21,24,26,39,46,49,55,58,64H,4-7,9-10,13-14,16,18-19,22-23,25,27-38,40-45,47-48,50-54,56-57,59-63H2,1-3H3/b11-8-,15-12-,20-17-,24-21-,39-26-,49-46-,58-55-. The van der Waals surface area contributed by atoms with Crippen molar-refractivity contribution in [3.63, 3.8) is 0 Å². The molecule has 73 heavy (non-hydrogen) atoms. The van der Waals surface area contributed by atoms with Gasteiger partial charge in [-0.2, -0.15) is 0 Å². The van der Waals surface area contributed by atoms with Crippen molar-refractivity contribution >= 4 is 17.9 Å². The monoisotopic (exact) mass is 1020 g/mol. The molecule has 0 saturated heterocycles. The second-order valence-electron chi connectivity index (χ2n) is 20.6. The van der Waals surface area contributed by atoms with E-state index in [9.17, 15) is 14.4 Å². The third-order valence-electron chi connectivity index (χ3n) is 13.4. The van der Waals surface area contributed by atoms with Crippen LogP contribution in [0.3, 0.4) is 0 Å². The Morgan fingerprint density at radius 2 is 0.603 bits per heavy atom. The van der Waals surface area contributed by atoms with Crippen LogP contribution in [0.5, 0.6) is 0 Å². The Balaban J connectivity index is 4.28. The zero-order chi connectivity index (χ0) is 52.9. The molecule has 0 aliphatic rings. The largest absolute Gasteiger partial charge is 0.462 e. The highest BCUT2D eigenvalue weighted by Gasteiger charge is 2.19. The van der Waals surface area contributed by atoms with Gasteiger partial charge in [0.1, 0.15) is 13.2 Å². The van der Waals surface area contributed by atoms with Crippen molar-refractivity contribution in [1.82, 2.24) is 0 Å². The maximum absolute atomic E-state index is 12.8. The summed E-state index contributed by atoms with van der Waals surface area (Å²) in [5.74, 6) is -1.05. The van der Waals surface area contributed by atoms with Gasteiger partial charge in [-0.05, 0) is 70.6 Å². The first-order valence-corrected chi connectivity index (χ1v) is 31.1. The van der Waals surface area contributed by atoms with Gasteiger partial charge >= 0.3 is 17.9 Å². The van der Waals surface area contributed by atoms with Crippen LogP contribution in [-0.2, 0) is 28.6 Å². The Bertz CT molecular complexity index is 1400. The van der Waals surface area contributed by atoms with E-state index in [0.29, 0.717) is 12.8 Å². The maximum Gasteiger partial charge on any atom is 0.310 e. The molecule has 0 fully saturated rings. The quantitative estimate of drug-likeness (QED) is 0.0261. The number of hydrogen-bond acceptors (Lipinski definition) is 6. The summed E-state index contributed by atoms with van der Waals surface area (Å²) >= 11 is 0. The molecular formula is C67H116O6. The van der Waals surface area contributed by atoms with Crippen molar-refractivity contribution in [2.24, 2.45) is 0 Å². The molecule has 0 aromatic carbocycles. The fourth-order valence-corrected chi connectivity index (χ4v) is 8.79. The number of hydrogen-bond donors (Lipinski definition) is 0. The van der Waals surface area contributed by atoms with E-state index in [2.05, 4.69) is 93.7 Å². The van der Waals surface area contributed by atoms with Gasteiger partial charge < -0.3 is 14.2 Å². The van der Waals surface area contributed by atoms with Gasteiger partial charge in [-0.3, -0.25) is 14.4 Å². The van der Waals surface area contributed by atoms with Crippen molar-refractivity contribution < 1.29 is 28.6 Å². The molecule has 1 atom stereocenters. The van der Waals surface area contributed by atoms with Gasteiger partial charge in [-0.1, -0.05) is 298 Å². The summed E-state index contributed by atoms with van der Waals surface area (Å²) in [6, 6.07) is 0. The van der Waals surface area contributed by atoms with Crippen LogP contribution in [-0.4, -0.2) is 37.2 Å². The SMILES string of the molecule is CC/C=C\C/C=C\C/C=C\C/C=C\C/C=C\CC(=O)OC(COC(=O)CCCCCCC/C=C\C/C=C\CCC)COC(=O)CCCCCCCCCCCCCCCCCCCCCCCCCCCCC. The molecule has 6 heteroatoms. The zero-order valence-electron chi connectivity index (χ0n) is 48.1. The summed E-state index contributed by atoms with van der Waals surface area (Å²) in [7, 11) is 0. The lowest BCUT2D eigenvalue weighted by Gasteiger charge is -2.18. The number of esters is 3. The molecule has 1 unspecified atom stereocenters. The van der Waals surface area contributed by atoms with E-state index in [1.165, 1.54) is 161 Å². The van der Waals surface area contributed by atoms with Crippen LogP contribution in [0.25, 0.3) is 0 Å². The minimum atomic E-state index is -0.836. The third kappa shape index (κ3) is 59.3. The molecule has 0 rings (SSSR count). The Kier molecular flexibility index (Phi) is 58.3. The van der Waals surface area contributed by atoms with E-state index in [4.69, 9.17) is 14.2 Å². The summed E-state index contributed by atoms with van der Waals surface area (Å²) in [6.45, 7) is 6.39. The van der Waals surface area contributed by atoms with E-state index in [1.54, 1.807) is 6.08 Å². The molecule has 6 nitrogen and oxygen atoms in total. The molecule has 0 N–H and O–H groups in total. The second kappa shape index (κ2) is 61.1. The Hall–Kier alpha value is -3.41. The molecule has 0 spiro atoms. The number of ether oxygens (including phenoxy) is 3. The Labute approximate surface area is 452 Å². The fourth-order valence-electron chi connectivity index (χ4n) is 8.79. The highest BCUT2D eigenvalue weighted by atomic mass is 16.6. The predicted octanol–water partition coefficient (Wildman–Crippen LogP) is 21.1. The topological polar surface area (TPSA) is 78.9 Å². The molecular weight excluding hydrogens is 901 g/mol. The van der Waals surface area contributed by atoms with Crippen molar-refractivity contribution in [3.8, 4) is 0 Å². The van der Waals surface area contributed by atoms with Crippen molar-refractivity contribution in [1.29, 1.82) is 0 Å². The van der Waals surface area contributed by atoms with Gasteiger partial charge in [0.15, 0.2) is 6.10 Å². The summed E-state index contributed by atoms with van der Waals surface area (Å²) in [5, 5.41) is 0. The molecule has 0 heterocycles. The van der Waals surface area contributed by atoms with Gasteiger partial charge in [0.25, 0.3) is 0 Å². The van der Waals surface area contributed by atoms with E-state index in [0.717, 1.165) is 103 Å². The minimum Gasteiger partial charge on any atom is -0.462 e. The van der Waals surface area contributed by atoms with Crippen LogP contribution in [0.15, 0.2) is 85.1 Å². The van der Waals surface area contributed by atoms with E-state index in [-0.39, 0.29) is 31.6 Å². The van der Waals surface area contributed by atoms with Gasteiger partial charge in [0, 0.05) is 12.8 Å². The number of allylic oxidation sites excluding steroid dienone is 13. The highest BCUT2D eigenvalue weighted by molar-refractivity contribution is 5.72. The lowest BCUT2D eigenvalue weighted by molar-refractivity contribution is -0.166. The Morgan fingerprint density at radius 3 is 0.959 bits per heavy atom. The molecule has 420 valence electrons. The van der Waals surface area contributed by atoms with Crippen LogP contribution < -0.4 is 0 Å². The first-order valence-electron chi connectivity index (χ1n) is 31.1. The smallest absolute Gasteiger partial charge is 0.310 e. The minimum absolute atomic E-state index is 0.0946. The first kappa shape index (κ1) is 69.6. The van der Waals surface area contributed by atoms with Crippen molar-refractivity contribution in [3.05, 3.63) is 85.1 Å². The number of unbranched alkanes of at least 4 members (excludes halogenated alkanes) is 32. The van der Waals surface area contributed by atoms with E-state index >= 15 is 0 Å². The third-order valence-corrected chi connectivity index (χ3v) is 13.4. The number of carbonyl (C=O) groups is 3. The van der Waals surface area contributed by atoms with Gasteiger partial charge in [-0.25, -0.2) is 0 Å². The molecule has 0 saturated carbocycles. The average molecular weight is 1020 g/mol. The molecule has 0 bridgehead atoms. The van der Waals surface area contributed by atoms with Crippen LogP contribution in [0.2, 0.25) is 0 Å². The van der Waals surface area contributed by atoms with Crippen LogP contribution in [0.1, 0.15) is 303 Å². The average Bonchev–Trinajstić information content (AvgIpc) is 3.39.